The topological polar surface area (TPSA) is 75.6 Å². The van der Waals surface area contributed by atoms with Crippen molar-refractivity contribution in [1.82, 2.24) is 0 Å². The Morgan fingerprint density at radius 3 is 2.57 bits per heavy atom. The summed E-state index contributed by atoms with van der Waals surface area (Å²) in [5.74, 6) is -1.63. The van der Waals surface area contributed by atoms with Crippen molar-refractivity contribution in [2.24, 2.45) is 0 Å². The van der Waals surface area contributed by atoms with Gasteiger partial charge in [-0.3, -0.25) is 4.79 Å². The molecule has 0 atom stereocenters. The highest BCUT2D eigenvalue weighted by molar-refractivity contribution is 6.01. The van der Waals surface area contributed by atoms with Crippen LogP contribution in [-0.4, -0.2) is 36.6 Å². The predicted octanol–water partition coefficient (Wildman–Crippen LogP) is 2.61. The van der Waals surface area contributed by atoms with E-state index in [0.717, 1.165) is 5.56 Å². The molecule has 0 aliphatic heterocycles. The van der Waals surface area contributed by atoms with Crippen molar-refractivity contribution in [1.29, 1.82) is 0 Å². The van der Waals surface area contributed by atoms with Gasteiger partial charge in [0.1, 0.15) is 6.61 Å². The molecule has 0 aliphatic rings. The minimum absolute atomic E-state index is 0.00523. The zero-order valence-corrected chi connectivity index (χ0v) is 11.8. The summed E-state index contributed by atoms with van der Waals surface area (Å²) in [6, 6.07) is 3.20. The molecule has 1 rings (SSSR count). The van der Waals surface area contributed by atoms with E-state index < -0.39 is 24.9 Å². The SMILES string of the molecule is Cc1cc(C)c(NC(=O)CCOCC(F)F)c(C(=O)O)c1. The van der Waals surface area contributed by atoms with Crippen LogP contribution in [0.15, 0.2) is 12.1 Å². The lowest BCUT2D eigenvalue weighted by atomic mass is 10.0. The maximum absolute atomic E-state index is 11.8. The largest absolute Gasteiger partial charge is 0.478 e. The highest BCUT2D eigenvalue weighted by Gasteiger charge is 2.15. The van der Waals surface area contributed by atoms with Crippen LogP contribution in [0.3, 0.4) is 0 Å². The van der Waals surface area contributed by atoms with Gasteiger partial charge in [0.2, 0.25) is 5.91 Å². The number of carbonyl (C=O) groups excluding carboxylic acids is 1. The summed E-state index contributed by atoms with van der Waals surface area (Å²) in [5, 5.41) is 11.6. The van der Waals surface area contributed by atoms with Crippen LogP contribution in [0.2, 0.25) is 0 Å². The van der Waals surface area contributed by atoms with Crippen molar-refractivity contribution in [2.45, 2.75) is 26.7 Å². The molecule has 116 valence electrons. The number of carboxylic acid groups (broad SMARTS) is 1. The second-order valence-electron chi connectivity index (χ2n) is 4.57. The molecule has 1 aromatic rings. The van der Waals surface area contributed by atoms with E-state index in [2.05, 4.69) is 10.1 Å². The molecule has 1 amide bonds. The smallest absolute Gasteiger partial charge is 0.337 e. The van der Waals surface area contributed by atoms with Gasteiger partial charge in [0.05, 0.1) is 24.3 Å². The summed E-state index contributed by atoms with van der Waals surface area (Å²) in [5.41, 5.74) is 1.60. The number of aryl methyl sites for hydroxylation is 2. The number of rotatable bonds is 7. The Morgan fingerprint density at radius 1 is 1.33 bits per heavy atom. The lowest BCUT2D eigenvalue weighted by Crippen LogP contribution is -2.18. The van der Waals surface area contributed by atoms with Gasteiger partial charge in [-0.1, -0.05) is 6.07 Å². The molecule has 7 heteroatoms. The molecule has 0 spiro atoms. The number of carbonyl (C=O) groups is 2. The first-order chi connectivity index (χ1) is 9.81. The van der Waals surface area contributed by atoms with E-state index in [0.29, 0.717) is 5.56 Å². The van der Waals surface area contributed by atoms with Crippen molar-refractivity contribution in [3.05, 3.63) is 28.8 Å². The second kappa shape index (κ2) is 7.68. The Bertz CT molecular complexity index is 532. The average Bonchev–Trinajstić information content (AvgIpc) is 2.37. The van der Waals surface area contributed by atoms with Crippen molar-refractivity contribution in [2.75, 3.05) is 18.5 Å². The molecule has 2 N–H and O–H groups in total. The quantitative estimate of drug-likeness (QED) is 0.759. The van der Waals surface area contributed by atoms with Crippen molar-refractivity contribution in [3.63, 3.8) is 0 Å². The average molecular weight is 301 g/mol. The van der Waals surface area contributed by atoms with Crippen LogP contribution in [0, 0.1) is 13.8 Å². The minimum atomic E-state index is -2.58. The Labute approximate surface area is 120 Å². The van der Waals surface area contributed by atoms with Crippen LogP contribution in [0.1, 0.15) is 27.9 Å². The van der Waals surface area contributed by atoms with Crippen LogP contribution < -0.4 is 5.32 Å². The van der Waals surface area contributed by atoms with Crippen LogP contribution >= 0.6 is 0 Å². The van der Waals surface area contributed by atoms with Crippen molar-refractivity contribution < 1.29 is 28.2 Å². The fraction of sp³-hybridized carbons (Fsp3) is 0.429. The van der Waals surface area contributed by atoms with E-state index in [1.165, 1.54) is 6.07 Å². The van der Waals surface area contributed by atoms with Crippen molar-refractivity contribution in [3.8, 4) is 0 Å². The molecule has 0 fully saturated rings. The minimum Gasteiger partial charge on any atom is -0.478 e. The summed E-state index contributed by atoms with van der Waals surface area (Å²) < 4.78 is 28.3. The maximum Gasteiger partial charge on any atom is 0.337 e. The molecule has 0 unspecified atom stereocenters. The summed E-state index contributed by atoms with van der Waals surface area (Å²) in [6.45, 7) is 2.56. The summed E-state index contributed by atoms with van der Waals surface area (Å²) in [7, 11) is 0. The fourth-order valence-electron chi connectivity index (χ4n) is 1.84. The zero-order valence-electron chi connectivity index (χ0n) is 11.8. The molecule has 21 heavy (non-hydrogen) atoms. The number of alkyl halides is 2. The van der Waals surface area contributed by atoms with Crippen LogP contribution in [-0.2, 0) is 9.53 Å². The summed E-state index contributed by atoms with van der Waals surface area (Å²) in [4.78, 5) is 22.9. The first kappa shape index (κ1) is 17.0. The third-order valence-electron chi connectivity index (χ3n) is 2.69. The molecule has 5 nitrogen and oxygen atoms in total. The second-order valence-corrected chi connectivity index (χ2v) is 4.57. The van der Waals surface area contributed by atoms with E-state index in [9.17, 15) is 18.4 Å². The predicted molar refractivity (Wildman–Crippen MR) is 72.9 cm³/mol. The normalized spacial score (nSPS) is 10.7. The molecule has 1 aromatic carbocycles. The molecule has 0 bridgehead atoms. The Morgan fingerprint density at radius 2 is 2.00 bits per heavy atom. The van der Waals surface area contributed by atoms with E-state index in [4.69, 9.17) is 5.11 Å². The number of aromatic carboxylic acids is 1. The molecule has 0 heterocycles. The number of carboxylic acids is 1. The van der Waals surface area contributed by atoms with Gasteiger partial charge in [-0.2, -0.15) is 0 Å². The molecule has 0 aliphatic carbocycles. The van der Waals surface area contributed by atoms with E-state index in [1.807, 2.05) is 0 Å². The maximum atomic E-state index is 11.8. The number of benzene rings is 1. The lowest BCUT2D eigenvalue weighted by Gasteiger charge is -2.13. The van der Waals surface area contributed by atoms with Gasteiger partial charge < -0.3 is 15.2 Å². The van der Waals surface area contributed by atoms with Gasteiger partial charge in [0.15, 0.2) is 0 Å². The third-order valence-corrected chi connectivity index (χ3v) is 2.69. The molecule has 0 radical (unpaired) electrons. The van der Waals surface area contributed by atoms with Gasteiger partial charge in [0.25, 0.3) is 6.43 Å². The summed E-state index contributed by atoms with van der Waals surface area (Å²) >= 11 is 0. The number of anilines is 1. The van der Waals surface area contributed by atoms with Gasteiger partial charge in [-0.15, -0.1) is 0 Å². The number of nitrogens with one attached hydrogen (secondary N) is 1. The Kier molecular flexibility index (Phi) is 6.23. The highest BCUT2D eigenvalue weighted by Crippen LogP contribution is 2.23. The zero-order chi connectivity index (χ0) is 16.0. The summed E-state index contributed by atoms with van der Waals surface area (Å²) in [6.07, 6.45) is -2.70. The molecular weight excluding hydrogens is 284 g/mol. The molecule has 0 saturated heterocycles. The molecular formula is C14H17F2NO4. The van der Waals surface area contributed by atoms with Crippen LogP contribution in [0.25, 0.3) is 0 Å². The monoisotopic (exact) mass is 301 g/mol. The first-order valence-corrected chi connectivity index (χ1v) is 6.31. The fourth-order valence-corrected chi connectivity index (χ4v) is 1.84. The van der Waals surface area contributed by atoms with Crippen LogP contribution in [0.4, 0.5) is 14.5 Å². The number of hydrogen-bond donors (Lipinski definition) is 2. The number of amides is 1. The van der Waals surface area contributed by atoms with Gasteiger partial charge >= 0.3 is 5.97 Å². The van der Waals surface area contributed by atoms with Crippen molar-refractivity contribution >= 4 is 17.6 Å². The highest BCUT2D eigenvalue weighted by atomic mass is 19.3. The van der Waals surface area contributed by atoms with E-state index in [1.54, 1.807) is 19.9 Å². The molecule has 0 saturated carbocycles. The number of halogens is 2. The van der Waals surface area contributed by atoms with E-state index in [-0.39, 0.29) is 24.3 Å². The van der Waals surface area contributed by atoms with Gasteiger partial charge in [-0.05, 0) is 31.0 Å². The Hall–Kier alpha value is -2.02. The number of ether oxygens (including phenoxy) is 1. The standard InChI is InChI=1S/C14H17F2NO4/c1-8-5-9(2)13(10(6-8)14(19)20)17-12(18)3-4-21-7-11(15)16/h5-6,11H,3-4,7H2,1-2H3,(H,17,18)(H,19,20). The number of hydrogen-bond acceptors (Lipinski definition) is 3. The first-order valence-electron chi connectivity index (χ1n) is 6.31. The van der Waals surface area contributed by atoms with E-state index >= 15 is 0 Å². The lowest BCUT2D eigenvalue weighted by molar-refractivity contribution is -0.117. The Balaban J connectivity index is 2.70. The third kappa shape index (κ3) is 5.47. The van der Waals surface area contributed by atoms with Gasteiger partial charge in [-0.25, -0.2) is 13.6 Å². The van der Waals surface area contributed by atoms with Crippen LogP contribution in [0.5, 0.6) is 0 Å². The van der Waals surface area contributed by atoms with Gasteiger partial charge in [0, 0.05) is 0 Å². The molecule has 0 aromatic heterocycles.